The summed E-state index contributed by atoms with van der Waals surface area (Å²) in [7, 11) is 4.39. The van der Waals surface area contributed by atoms with Crippen LogP contribution >= 0.6 is 11.6 Å². The van der Waals surface area contributed by atoms with Crippen molar-refractivity contribution >= 4 is 11.6 Å². The van der Waals surface area contributed by atoms with Crippen molar-refractivity contribution in [2.24, 2.45) is 0 Å². The van der Waals surface area contributed by atoms with E-state index in [1.54, 1.807) is 0 Å². The minimum atomic E-state index is 0.298. The van der Waals surface area contributed by atoms with Crippen molar-refractivity contribution < 1.29 is 4.48 Å². The van der Waals surface area contributed by atoms with E-state index in [0.29, 0.717) is 11.4 Å². The van der Waals surface area contributed by atoms with Gasteiger partial charge in [-0.3, -0.25) is 4.68 Å². The Morgan fingerprint density at radius 2 is 2.31 bits per heavy atom. The highest BCUT2D eigenvalue weighted by molar-refractivity contribution is 6.31. The summed E-state index contributed by atoms with van der Waals surface area (Å²) in [6.45, 7) is 2.92. The summed E-state index contributed by atoms with van der Waals surface area (Å²) in [5, 5.41) is 13.8. The van der Waals surface area contributed by atoms with Crippen LogP contribution in [0.1, 0.15) is 17.8 Å². The van der Waals surface area contributed by atoms with Crippen molar-refractivity contribution in [2.45, 2.75) is 25.9 Å². The minimum absolute atomic E-state index is 0.298. The number of rotatable bonds is 1. The van der Waals surface area contributed by atoms with Gasteiger partial charge in [0.25, 0.3) is 0 Å². The molecule has 2 rings (SSSR count). The maximum Gasteiger partial charge on any atom is 0.122 e. The fourth-order valence-electron chi connectivity index (χ4n) is 2.19. The normalized spacial score (nSPS) is 18.6. The zero-order chi connectivity index (χ0) is 11.8. The van der Waals surface area contributed by atoms with E-state index in [1.807, 2.05) is 4.68 Å². The van der Waals surface area contributed by atoms with Gasteiger partial charge in [0.15, 0.2) is 0 Å². The highest BCUT2D eigenvalue weighted by Gasteiger charge is 2.26. The zero-order valence-corrected chi connectivity index (χ0v) is 10.5. The van der Waals surface area contributed by atoms with Crippen molar-refractivity contribution in [1.82, 2.24) is 9.78 Å². The van der Waals surface area contributed by atoms with Gasteiger partial charge in [-0.15, -0.1) is 0 Å². The van der Waals surface area contributed by atoms with Crippen LogP contribution in [-0.4, -0.2) is 34.9 Å². The minimum Gasteiger partial charge on any atom is -0.323 e. The van der Waals surface area contributed by atoms with Gasteiger partial charge in [-0.2, -0.15) is 10.4 Å². The molecule has 0 amide bonds. The Hall–Kier alpha value is -1.05. The molecule has 1 aliphatic rings. The second kappa shape index (κ2) is 4.08. The third kappa shape index (κ3) is 2.06. The van der Waals surface area contributed by atoms with Crippen molar-refractivity contribution in [1.29, 1.82) is 5.26 Å². The largest absolute Gasteiger partial charge is 0.323 e. The van der Waals surface area contributed by atoms with Crippen LogP contribution in [-0.2, 0) is 19.5 Å². The number of fused-ring (bicyclic) bond motifs is 1. The highest BCUT2D eigenvalue weighted by Crippen LogP contribution is 2.26. The van der Waals surface area contributed by atoms with Gasteiger partial charge in [0.1, 0.15) is 12.2 Å². The average Bonchev–Trinajstić information content (AvgIpc) is 2.41. The van der Waals surface area contributed by atoms with Crippen molar-refractivity contribution in [3.63, 3.8) is 0 Å². The fraction of sp³-hybridized carbons (Fsp3) is 0.636. The van der Waals surface area contributed by atoms with E-state index in [9.17, 15) is 0 Å². The Morgan fingerprint density at radius 1 is 1.56 bits per heavy atom. The Balaban J connectivity index is 2.40. The second-order valence-electron chi connectivity index (χ2n) is 4.94. The van der Waals surface area contributed by atoms with Crippen LogP contribution in [0.2, 0.25) is 5.02 Å². The first-order chi connectivity index (χ1) is 7.53. The summed E-state index contributed by atoms with van der Waals surface area (Å²) in [4.78, 5) is 0. The number of halogens is 1. The van der Waals surface area contributed by atoms with Gasteiger partial charge in [0.2, 0.25) is 0 Å². The number of quaternary nitrogens is 1. The molecule has 0 spiro atoms. The molecule has 0 saturated carbocycles. The highest BCUT2D eigenvalue weighted by atomic mass is 35.5. The van der Waals surface area contributed by atoms with Crippen LogP contribution in [0.3, 0.4) is 0 Å². The SMILES string of the molecule is C[N+]1(C)CCCn2nc(CC#N)c(Cl)c2C1. The zero-order valence-electron chi connectivity index (χ0n) is 9.70. The topological polar surface area (TPSA) is 41.6 Å². The summed E-state index contributed by atoms with van der Waals surface area (Å²) in [5.41, 5.74) is 1.80. The lowest BCUT2D eigenvalue weighted by Crippen LogP contribution is -2.38. The number of hydrogen-bond acceptors (Lipinski definition) is 2. The lowest BCUT2D eigenvalue weighted by atomic mass is 10.2. The predicted molar refractivity (Wildman–Crippen MR) is 61.9 cm³/mol. The van der Waals surface area contributed by atoms with Crippen LogP contribution in [0.4, 0.5) is 0 Å². The average molecular weight is 240 g/mol. The van der Waals surface area contributed by atoms with E-state index >= 15 is 0 Å². The molecule has 16 heavy (non-hydrogen) atoms. The first kappa shape index (κ1) is 11.4. The number of aryl methyl sites for hydroxylation is 1. The maximum absolute atomic E-state index is 8.70. The third-order valence-corrected chi connectivity index (χ3v) is 3.45. The van der Waals surface area contributed by atoms with E-state index in [4.69, 9.17) is 16.9 Å². The molecule has 0 fully saturated rings. The smallest absolute Gasteiger partial charge is 0.122 e. The lowest BCUT2D eigenvalue weighted by molar-refractivity contribution is -0.903. The van der Waals surface area contributed by atoms with Crippen LogP contribution < -0.4 is 0 Å². The molecule has 1 aliphatic heterocycles. The molecule has 0 aliphatic carbocycles. The molecule has 0 N–H and O–H groups in total. The van der Waals surface area contributed by atoms with E-state index in [0.717, 1.165) is 41.9 Å². The molecular weight excluding hydrogens is 224 g/mol. The van der Waals surface area contributed by atoms with E-state index < -0.39 is 0 Å². The summed E-state index contributed by atoms with van der Waals surface area (Å²) in [6.07, 6.45) is 1.40. The molecule has 0 atom stereocenters. The monoisotopic (exact) mass is 239 g/mol. The summed E-state index contributed by atoms with van der Waals surface area (Å²) < 4.78 is 2.90. The first-order valence-corrected chi connectivity index (χ1v) is 5.84. The van der Waals surface area contributed by atoms with Crippen LogP contribution in [0.25, 0.3) is 0 Å². The fourth-order valence-corrected chi connectivity index (χ4v) is 2.45. The van der Waals surface area contributed by atoms with Gasteiger partial charge in [0, 0.05) is 13.0 Å². The van der Waals surface area contributed by atoms with Gasteiger partial charge in [-0.05, 0) is 0 Å². The predicted octanol–water partition coefficient (Wildman–Crippen LogP) is 1.58. The molecule has 4 nitrogen and oxygen atoms in total. The Labute approximate surface area is 101 Å². The van der Waals surface area contributed by atoms with E-state index in [1.165, 1.54) is 0 Å². The van der Waals surface area contributed by atoms with Crippen LogP contribution in [0.5, 0.6) is 0 Å². The van der Waals surface area contributed by atoms with Crippen molar-refractivity contribution in [3.8, 4) is 6.07 Å². The quantitative estimate of drug-likeness (QED) is 0.699. The standard InChI is InChI=1S/C11H16ClN4/c1-16(2)7-3-6-15-10(8-16)11(12)9(14-15)4-5-13/h3-4,6-8H2,1-2H3/q+1. The number of nitrogens with zero attached hydrogens (tertiary/aromatic N) is 4. The van der Waals surface area contributed by atoms with Gasteiger partial charge in [-0.1, -0.05) is 11.6 Å². The molecule has 1 aromatic heterocycles. The molecule has 0 aromatic carbocycles. The number of nitriles is 1. The summed E-state index contributed by atoms with van der Waals surface area (Å²) in [5.74, 6) is 0. The number of aromatic nitrogens is 2. The summed E-state index contributed by atoms with van der Waals surface area (Å²) >= 11 is 6.28. The number of hydrogen-bond donors (Lipinski definition) is 0. The maximum atomic E-state index is 8.70. The van der Waals surface area contributed by atoms with Gasteiger partial charge in [-0.25, -0.2) is 0 Å². The molecule has 0 unspecified atom stereocenters. The molecule has 0 saturated heterocycles. The van der Waals surface area contributed by atoms with Crippen molar-refractivity contribution in [3.05, 3.63) is 16.4 Å². The summed E-state index contributed by atoms with van der Waals surface area (Å²) in [6, 6.07) is 2.10. The van der Waals surface area contributed by atoms with Crippen LogP contribution in [0, 0.1) is 11.3 Å². The molecule has 0 radical (unpaired) electrons. The molecule has 86 valence electrons. The Bertz CT molecular complexity index is 442. The molecule has 0 bridgehead atoms. The first-order valence-electron chi connectivity index (χ1n) is 5.46. The van der Waals surface area contributed by atoms with Gasteiger partial charge < -0.3 is 4.48 Å². The lowest BCUT2D eigenvalue weighted by Gasteiger charge is -2.27. The molecule has 1 aromatic rings. The Kier molecular flexibility index (Phi) is 2.92. The molecule has 2 heterocycles. The van der Waals surface area contributed by atoms with Gasteiger partial charge in [0.05, 0.1) is 43.8 Å². The van der Waals surface area contributed by atoms with Gasteiger partial charge >= 0.3 is 0 Å². The second-order valence-corrected chi connectivity index (χ2v) is 5.31. The van der Waals surface area contributed by atoms with Crippen LogP contribution in [0.15, 0.2) is 0 Å². The van der Waals surface area contributed by atoms with E-state index in [2.05, 4.69) is 25.3 Å². The third-order valence-electron chi connectivity index (χ3n) is 3.02. The Morgan fingerprint density at radius 3 is 3.00 bits per heavy atom. The van der Waals surface area contributed by atoms with Crippen molar-refractivity contribution in [2.75, 3.05) is 20.6 Å². The molecule has 5 heteroatoms. The molecular formula is C11H16ClN4+. The van der Waals surface area contributed by atoms with E-state index in [-0.39, 0.29) is 0 Å².